The van der Waals surface area contributed by atoms with Crippen LogP contribution in [-0.4, -0.2) is 48.0 Å². The van der Waals surface area contributed by atoms with E-state index in [0.29, 0.717) is 42.6 Å². The van der Waals surface area contributed by atoms with Gasteiger partial charge < -0.3 is 20.1 Å². The molecule has 37 heavy (non-hydrogen) atoms. The van der Waals surface area contributed by atoms with E-state index in [2.05, 4.69) is 31.5 Å². The number of ether oxygens (including phenoxy) is 2. The Hall–Kier alpha value is -2.46. The number of nitrogens with zero attached hydrogens (tertiary/aromatic N) is 1. The summed E-state index contributed by atoms with van der Waals surface area (Å²) in [5.74, 6) is -0.842. The van der Waals surface area contributed by atoms with Crippen LogP contribution < -0.4 is 10.6 Å². The number of anilines is 1. The normalized spacial score (nSPS) is 17.4. The summed E-state index contributed by atoms with van der Waals surface area (Å²) in [7, 11) is 0. The number of hydrogen-bond acceptors (Lipinski definition) is 7. The summed E-state index contributed by atoms with van der Waals surface area (Å²) in [6, 6.07) is 6.35. The molecule has 0 saturated carbocycles. The van der Waals surface area contributed by atoms with Crippen molar-refractivity contribution in [3.63, 3.8) is 0 Å². The number of carbonyl (C=O) groups excluding carboxylic acids is 3. The van der Waals surface area contributed by atoms with Crippen molar-refractivity contribution >= 4 is 62.5 Å². The minimum Gasteiger partial charge on any atom is -0.461 e. The van der Waals surface area contributed by atoms with Gasteiger partial charge in [-0.05, 0) is 60.3 Å². The number of esters is 1. The lowest BCUT2D eigenvalue weighted by atomic mass is 9.66. The zero-order valence-corrected chi connectivity index (χ0v) is 23.4. The van der Waals surface area contributed by atoms with Crippen molar-refractivity contribution in [2.24, 2.45) is 5.41 Å². The second-order valence-electron chi connectivity index (χ2n) is 9.23. The first-order valence-corrected chi connectivity index (χ1v) is 13.4. The smallest absolute Gasteiger partial charge is 0.329 e. The van der Waals surface area contributed by atoms with Crippen molar-refractivity contribution in [2.45, 2.75) is 45.3 Å². The van der Waals surface area contributed by atoms with E-state index in [9.17, 15) is 14.4 Å². The zero-order valence-electron chi connectivity index (χ0n) is 20.3. The molecule has 2 aromatic rings. The topological polar surface area (TPSA) is 107 Å². The quantitative estimate of drug-likeness (QED) is 0.402. The average Bonchev–Trinajstić information content (AvgIpc) is 2.87. The van der Waals surface area contributed by atoms with Crippen molar-refractivity contribution in [2.75, 3.05) is 18.5 Å². The minimum atomic E-state index is -0.715. The van der Waals surface area contributed by atoms with Crippen molar-refractivity contribution in [3.05, 3.63) is 68.0 Å². The highest BCUT2D eigenvalue weighted by Gasteiger charge is 2.54. The number of ketones is 1. The van der Waals surface area contributed by atoms with E-state index in [0.717, 1.165) is 11.3 Å². The zero-order chi connectivity index (χ0) is 26.7. The number of aromatic nitrogens is 1. The summed E-state index contributed by atoms with van der Waals surface area (Å²) in [4.78, 5) is 42.2. The van der Waals surface area contributed by atoms with Crippen molar-refractivity contribution in [3.8, 4) is 0 Å². The fourth-order valence-electron chi connectivity index (χ4n) is 4.45. The van der Waals surface area contributed by atoms with Crippen LogP contribution in [0.5, 0.6) is 0 Å². The van der Waals surface area contributed by atoms with Crippen LogP contribution in [0.15, 0.2) is 46.8 Å². The number of rotatable bonds is 8. The number of nitrogens with one attached hydrogen (secondary N) is 2. The molecule has 2 heterocycles. The Morgan fingerprint density at radius 3 is 2.35 bits per heavy atom. The van der Waals surface area contributed by atoms with Crippen molar-refractivity contribution in [1.29, 1.82) is 0 Å². The number of carbonyl (C=O) groups is 3. The maximum Gasteiger partial charge on any atom is 0.329 e. The van der Waals surface area contributed by atoms with Gasteiger partial charge in [0.25, 0.3) is 5.91 Å². The molecule has 0 radical (unpaired) electrons. The van der Waals surface area contributed by atoms with E-state index in [1.807, 2.05) is 12.1 Å². The van der Waals surface area contributed by atoms with Crippen LogP contribution in [0.3, 0.4) is 0 Å². The third-order valence-electron chi connectivity index (χ3n) is 6.37. The summed E-state index contributed by atoms with van der Waals surface area (Å²) < 4.78 is 11.4. The van der Waals surface area contributed by atoms with E-state index < -0.39 is 23.3 Å². The minimum absolute atomic E-state index is 0.0313. The molecule has 1 saturated heterocycles. The molecule has 2 N–H and O–H groups in total. The predicted molar refractivity (Wildman–Crippen MR) is 144 cm³/mol. The monoisotopic (exact) mass is 609 g/mol. The molecule has 1 aliphatic carbocycles. The van der Waals surface area contributed by atoms with Gasteiger partial charge in [-0.15, -0.1) is 0 Å². The lowest BCUT2D eigenvalue weighted by molar-refractivity contribution is -0.150. The number of amides is 1. The number of hydrogen-bond donors (Lipinski definition) is 2. The summed E-state index contributed by atoms with van der Waals surface area (Å²) in [5.41, 5.74) is 1.57. The number of pyridine rings is 1. The molecule has 1 fully saturated rings. The Morgan fingerprint density at radius 2 is 1.76 bits per heavy atom. The van der Waals surface area contributed by atoms with Gasteiger partial charge in [0.1, 0.15) is 6.04 Å². The maximum atomic E-state index is 13.0. The standard InChI is InChI=1S/C26H26BrCl2N3O5/c1-14(2)37-25(35)19(32-22-21(27)23(33)26(22)7-9-36-10-8-26)11-15-3-5-16(6-4-15)31-24(34)20-17(28)12-30-13-18(20)29/h3-6,12-14,19,32H,7-11H2,1-2H3,(H,31,34)/t19-/m0/s1. The molecular weight excluding hydrogens is 585 g/mol. The number of benzene rings is 1. The highest BCUT2D eigenvalue weighted by Crippen LogP contribution is 2.51. The Kier molecular flexibility index (Phi) is 8.58. The average molecular weight is 611 g/mol. The summed E-state index contributed by atoms with van der Waals surface area (Å²) in [6.07, 6.45) is 3.85. The highest BCUT2D eigenvalue weighted by atomic mass is 79.9. The van der Waals surface area contributed by atoms with Crippen LogP contribution in [-0.2, 0) is 25.5 Å². The number of halogens is 3. The fraction of sp³-hybridized carbons (Fsp3) is 0.385. The fourth-order valence-corrected chi connectivity index (χ4v) is 5.86. The van der Waals surface area contributed by atoms with Crippen molar-refractivity contribution in [1.82, 2.24) is 10.3 Å². The van der Waals surface area contributed by atoms with Gasteiger partial charge in [0.15, 0.2) is 5.78 Å². The van der Waals surface area contributed by atoms with Crippen LogP contribution in [0.2, 0.25) is 10.0 Å². The van der Waals surface area contributed by atoms with Crippen LogP contribution in [0, 0.1) is 5.41 Å². The molecule has 1 amide bonds. The van der Waals surface area contributed by atoms with Gasteiger partial charge in [-0.1, -0.05) is 35.3 Å². The Balaban J connectivity index is 1.50. The van der Waals surface area contributed by atoms with E-state index in [1.54, 1.807) is 26.0 Å². The Morgan fingerprint density at radius 1 is 1.14 bits per heavy atom. The van der Waals surface area contributed by atoms with Crippen LogP contribution in [0.4, 0.5) is 5.69 Å². The molecule has 11 heteroatoms. The van der Waals surface area contributed by atoms with Gasteiger partial charge in [-0.3, -0.25) is 14.6 Å². The molecule has 0 unspecified atom stereocenters. The van der Waals surface area contributed by atoms with Gasteiger partial charge >= 0.3 is 5.97 Å². The third-order valence-corrected chi connectivity index (χ3v) is 7.70. The molecule has 196 valence electrons. The molecule has 0 bridgehead atoms. The second-order valence-corrected chi connectivity index (χ2v) is 10.8. The van der Waals surface area contributed by atoms with Gasteiger partial charge in [0, 0.05) is 43.4 Å². The second kappa shape index (κ2) is 11.5. The highest BCUT2D eigenvalue weighted by molar-refractivity contribution is 9.12. The molecule has 4 rings (SSSR count). The first-order valence-electron chi connectivity index (χ1n) is 11.8. The van der Waals surface area contributed by atoms with Crippen LogP contribution >= 0.6 is 39.1 Å². The number of Topliss-reactive ketones (excluding diaryl/α,β-unsaturated/α-hetero) is 1. The molecule has 1 spiro atoms. The molecule has 1 aromatic heterocycles. The van der Waals surface area contributed by atoms with Gasteiger partial charge in [-0.25, -0.2) is 4.79 Å². The maximum absolute atomic E-state index is 13.0. The molecule has 2 aliphatic rings. The summed E-state index contributed by atoms with van der Waals surface area (Å²) in [6.45, 7) is 4.55. The first-order chi connectivity index (χ1) is 17.6. The van der Waals surface area contributed by atoms with E-state index in [4.69, 9.17) is 32.7 Å². The van der Waals surface area contributed by atoms with Gasteiger partial charge in [0.2, 0.25) is 0 Å². The first kappa shape index (κ1) is 27.6. The predicted octanol–water partition coefficient (Wildman–Crippen LogP) is 5.08. The lowest BCUT2D eigenvalue weighted by Gasteiger charge is -2.46. The van der Waals surface area contributed by atoms with Gasteiger partial charge in [0.05, 0.1) is 31.6 Å². The summed E-state index contributed by atoms with van der Waals surface area (Å²) >= 11 is 15.5. The van der Waals surface area contributed by atoms with E-state index >= 15 is 0 Å². The number of allylic oxidation sites excluding steroid dienone is 2. The van der Waals surface area contributed by atoms with E-state index in [1.165, 1.54) is 12.4 Å². The molecule has 1 aliphatic heterocycles. The SMILES string of the molecule is CC(C)OC(=O)[C@H](Cc1ccc(NC(=O)c2c(Cl)cncc2Cl)cc1)NC1=C(Br)C(=O)C12CCOCC2. The van der Waals surface area contributed by atoms with Crippen LogP contribution in [0.25, 0.3) is 0 Å². The van der Waals surface area contributed by atoms with Crippen molar-refractivity contribution < 1.29 is 23.9 Å². The molecule has 1 atom stereocenters. The summed E-state index contributed by atoms with van der Waals surface area (Å²) in [5, 5.41) is 6.37. The Bertz CT molecular complexity index is 1220. The largest absolute Gasteiger partial charge is 0.461 e. The van der Waals surface area contributed by atoms with Gasteiger partial charge in [-0.2, -0.15) is 0 Å². The lowest BCUT2D eigenvalue weighted by Crippen LogP contribution is -2.55. The molecular formula is C26H26BrCl2N3O5. The van der Waals surface area contributed by atoms with Crippen LogP contribution in [0.1, 0.15) is 42.6 Å². The Labute approximate surface area is 233 Å². The van der Waals surface area contributed by atoms with E-state index in [-0.39, 0.29) is 27.5 Å². The molecule has 1 aromatic carbocycles. The third kappa shape index (κ3) is 5.85. The molecule has 8 nitrogen and oxygen atoms in total.